The third-order valence-electron chi connectivity index (χ3n) is 9.30. The maximum Gasteiger partial charge on any atom is 0.220 e. The second-order valence-electron chi connectivity index (χ2n) is 13.5. The van der Waals surface area contributed by atoms with E-state index in [-0.39, 0.29) is 18.9 Å². The van der Waals surface area contributed by atoms with Crippen LogP contribution in [0.15, 0.2) is 0 Å². The third kappa shape index (κ3) is 19.2. The van der Waals surface area contributed by atoms with Gasteiger partial charge in [0.2, 0.25) is 5.91 Å². The number of hydrogen-bond acceptors (Lipinski definition) is 9. The van der Waals surface area contributed by atoms with Crippen LogP contribution in [0.25, 0.3) is 0 Å². The Labute approximate surface area is 279 Å². The smallest absolute Gasteiger partial charge is 0.220 e. The summed E-state index contributed by atoms with van der Waals surface area (Å²) >= 11 is 0. The second-order valence-corrected chi connectivity index (χ2v) is 13.5. The maximum absolute atomic E-state index is 12.9. The van der Waals surface area contributed by atoms with Gasteiger partial charge in [0, 0.05) is 6.42 Å². The number of carbonyl (C=O) groups excluding carboxylic acids is 1. The molecule has 8 atom stereocenters. The molecule has 2 unspecified atom stereocenters. The molecule has 1 rings (SSSR count). The fourth-order valence-corrected chi connectivity index (χ4v) is 6.14. The Morgan fingerprint density at radius 1 is 0.674 bits per heavy atom. The highest BCUT2D eigenvalue weighted by Gasteiger charge is 2.44. The summed E-state index contributed by atoms with van der Waals surface area (Å²) in [6.07, 6.45) is 15.6. The first kappa shape index (κ1) is 43.2. The number of carbonyl (C=O) groups is 1. The molecule has 0 aromatic carbocycles. The maximum atomic E-state index is 12.9. The first-order chi connectivity index (χ1) is 22.3. The van der Waals surface area contributed by atoms with Gasteiger partial charge < -0.3 is 45.4 Å². The number of aliphatic hydroxyl groups excluding tert-OH is 6. The molecule has 7 N–H and O–H groups in total. The first-order valence-electron chi connectivity index (χ1n) is 18.8. The van der Waals surface area contributed by atoms with Crippen molar-refractivity contribution in [1.29, 1.82) is 0 Å². The zero-order valence-corrected chi connectivity index (χ0v) is 29.2. The predicted molar refractivity (Wildman–Crippen MR) is 181 cm³/mol. The van der Waals surface area contributed by atoms with Crippen molar-refractivity contribution >= 4 is 5.91 Å². The minimum absolute atomic E-state index is 0.260. The van der Waals surface area contributed by atoms with Gasteiger partial charge in [-0.2, -0.15) is 0 Å². The zero-order valence-electron chi connectivity index (χ0n) is 29.2. The zero-order chi connectivity index (χ0) is 34.0. The summed E-state index contributed by atoms with van der Waals surface area (Å²) < 4.78 is 11.1. The molecule has 0 radical (unpaired) electrons. The van der Waals surface area contributed by atoms with Crippen LogP contribution in [0.5, 0.6) is 0 Å². The molecular weight excluding hydrogens is 590 g/mol. The molecule has 1 aliphatic rings. The lowest BCUT2D eigenvalue weighted by atomic mass is 9.98. The number of nitrogens with one attached hydrogen (secondary N) is 1. The third-order valence-corrected chi connectivity index (χ3v) is 9.30. The van der Waals surface area contributed by atoms with Crippen molar-refractivity contribution in [3.63, 3.8) is 0 Å². The van der Waals surface area contributed by atoms with E-state index >= 15 is 0 Å². The van der Waals surface area contributed by atoms with Gasteiger partial charge in [0.1, 0.15) is 30.5 Å². The Hall–Kier alpha value is -0.850. The lowest BCUT2D eigenvalue weighted by Crippen LogP contribution is -2.60. The summed E-state index contributed by atoms with van der Waals surface area (Å²) in [6.45, 7) is 3.54. The monoisotopic (exact) mass is 662 g/mol. The molecule has 46 heavy (non-hydrogen) atoms. The predicted octanol–water partition coefficient (Wildman–Crippen LogP) is 5.02. The van der Waals surface area contributed by atoms with E-state index in [2.05, 4.69) is 19.2 Å². The van der Waals surface area contributed by atoms with Gasteiger partial charge in [-0.15, -0.1) is 0 Å². The number of ether oxygens (including phenoxy) is 2. The largest absolute Gasteiger partial charge is 0.394 e. The molecule has 0 aromatic heterocycles. The lowest BCUT2D eigenvalue weighted by molar-refractivity contribution is -0.303. The topological polar surface area (TPSA) is 169 Å². The Morgan fingerprint density at radius 3 is 1.61 bits per heavy atom. The average Bonchev–Trinajstić information content (AvgIpc) is 3.05. The summed E-state index contributed by atoms with van der Waals surface area (Å²) in [6, 6.07) is -0.981. The highest BCUT2D eigenvalue weighted by molar-refractivity contribution is 5.76. The number of unbranched alkanes of at least 4 members (excludes halogenated alkanes) is 19. The molecule has 1 fully saturated rings. The molecule has 10 nitrogen and oxygen atoms in total. The summed E-state index contributed by atoms with van der Waals surface area (Å²) in [7, 11) is 0. The molecule has 274 valence electrons. The van der Waals surface area contributed by atoms with E-state index in [0.717, 1.165) is 51.4 Å². The molecule has 0 bridgehead atoms. The van der Waals surface area contributed by atoms with Gasteiger partial charge in [-0.25, -0.2) is 0 Å². The van der Waals surface area contributed by atoms with E-state index < -0.39 is 55.6 Å². The van der Waals surface area contributed by atoms with Crippen molar-refractivity contribution in [3.8, 4) is 0 Å². The van der Waals surface area contributed by atoms with Gasteiger partial charge in [-0.1, -0.05) is 142 Å². The molecule has 0 saturated carbocycles. The van der Waals surface area contributed by atoms with Crippen LogP contribution in [-0.2, 0) is 14.3 Å². The minimum atomic E-state index is -1.60. The van der Waals surface area contributed by atoms with E-state index in [1.54, 1.807) is 0 Å². The van der Waals surface area contributed by atoms with E-state index in [4.69, 9.17) is 9.47 Å². The number of amides is 1. The van der Waals surface area contributed by atoms with Crippen LogP contribution in [0.4, 0.5) is 0 Å². The number of aliphatic hydroxyl groups is 6. The Bertz CT molecular complexity index is 713. The Kier molecular flexibility index (Phi) is 26.3. The molecule has 0 spiro atoms. The minimum Gasteiger partial charge on any atom is -0.394 e. The molecule has 1 amide bonds. The van der Waals surface area contributed by atoms with Gasteiger partial charge in [0.05, 0.1) is 25.4 Å². The normalized spacial score (nSPS) is 23.7. The van der Waals surface area contributed by atoms with Crippen molar-refractivity contribution in [3.05, 3.63) is 0 Å². The molecule has 0 aliphatic carbocycles. The lowest BCUT2D eigenvalue weighted by Gasteiger charge is -2.40. The van der Waals surface area contributed by atoms with Crippen molar-refractivity contribution in [2.24, 2.45) is 0 Å². The SMILES string of the molecule is CCCCCCCCCCCCCCCC(=O)N[C@@H](CO[C@@H]1O[C@H](CO)[C@@H](O)C(O)C1O)[C@H](O)[C@H](O)CCCCCCCCCC. The van der Waals surface area contributed by atoms with Crippen LogP contribution in [0, 0.1) is 0 Å². The summed E-state index contributed by atoms with van der Waals surface area (Å²) in [5.41, 5.74) is 0. The first-order valence-corrected chi connectivity index (χ1v) is 18.8. The summed E-state index contributed by atoms with van der Waals surface area (Å²) in [4.78, 5) is 12.9. The fourth-order valence-electron chi connectivity index (χ4n) is 6.14. The van der Waals surface area contributed by atoms with E-state index in [0.29, 0.717) is 6.42 Å². The van der Waals surface area contributed by atoms with E-state index in [1.807, 2.05) is 0 Å². The Morgan fingerprint density at radius 2 is 1.13 bits per heavy atom. The van der Waals surface area contributed by atoms with Gasteiger partial charge >= 0.3 is 0 Å². The summed E-state index contributed by atoms with van der Waals surface area (Å²) in [5.74, 6) is -0.260. The molecule has 0 aromatic rings. The van der Waals surface area contributed by atoms with Gasteiger partial charge in [0.25, 0.3) is 0 Å². The van der Waals surface area contributed by atoms with Crippen LogP contribution in [0.1, 0.15) is 162 Å². The summed E-state index contributed by atoms with van der Waals surface area (Å²) in [5, 5.41) is 64.5. The highest BCUT2D eigenvalue weighted by Crippen LogP contribution is 2.23. The van der Waals surface area contributed by atoms with Gasteiger partial charge in [0.15, 0.2) is 6.29 Å². The van der Waals surface area contributed by atoms with Crippen LogP contribution < -0.4 is 5.32 Å². The van der Waals surface area contributed by atoms with Crippen LogP contribution >= 0.6 is 0 Å². The molecule has 1 heterocycles. The molecule has 1 aliphatic heterocycles. The van der Waals surface area contributed by atoms with Crippen molar-refractivity contribution < 1.29 is 44.9 Å². The quantitative estimate of drug-likeness (QED) is 0.0523. The van der Waals surface area contributed by atoms with Crippen molar-refractivity contribution in [2.45, 2.75) is 210 Å². The van der Waals surface area contributed by atoms with E-state index in [1.165, 1.54) is 83.5 Å². The second kappa shape index (κ2) is 28.0. The van der Waals surface area contributed by atoms with Gasteiger partial charge in [-0.3, -0.25) is 4.79 Å². The molecule has 1 saturated heterocycles. The number of rotatable bonds is 30. The highest BCUT2D eigenvalue weighted by atomic mass is 16.7. The molecular formula is C36H71NO9. The number of hydrogen-bond donors (Lipinski definition) is 7. The van der Waals surface area contributed by atoms with Crippen LogP contribution in [-0.4, -0.2) is 98.7 Å². The molecule has 10 heteroatoms. The Balaban J connectivity index is 2.49. The van der Waals surface area contributed by atoms with Crippen LogP contribution in [0.2, 0.25) is 0 Å². The van der Waals surface area contributed by atoms with Crippen molar-refractivity contribution in [1.82, 2.24) is 5.32 Å². The van der Waals surface area contributed by atoms with Crippen molar-refractivity contribution in [2.75, 3.05) is 13.2 Å². The van der Waals surface area contributed by atoms with E-state index in [9.17, 15) is 35.4 Å². The van der Waals surface area contributed by atoms with Crippen LogP contribution in [0.3, 0.4) is 0 Å². The van der Waals surface area contributed by atoms with Gasteiger partial charge in [-0.05, 0) is 12.8 Å². The fraction of sp³-hybridized carbons (Fsp3) is 0.972. The average molecular weight is 662 g/mol. The standard InChI is InChI=1S/C36H71NO9/c1-3-5-7-9-11-13-14-15-16-17-19-21-23-25-31(40)37-28(27-45-36-35(44)34(43)33(42)30(26-38)46-36)32(41)29(39)24-22-20-18-12-10-8-6-4-2/h28-30,32-36,38-39,41-44H,3-27H2,1-2H3,(H,37,40)/t28-,29+,30+,32-,33+,34?,35?,36+/m0/s1.